The number of halogens is 3. The SMILES string of the molecule is COCCNCCC(=O)Nc1sc2c(c1-c1nc3cc(C(F)(F)F)ccc3s1)CC(C)N(C(=O)OC(C)(C)C)C2. The average Bonchev–Trinajstić information content (AvgIpc) is 3.41. The second-order valence-electron chi connectivity index (χ2n) is 10.6. The molecule has 0 aliphatic carbocycles. The molecule has 0 fully saturated rings. The molecule has 2 amide bonds. The van der Waals surface area contributed by atoms with Gasteiger partial charge >= 0.3 is 12.3 Å². The van der Waals surface area contributed by atoms with Gasteiger partial charge < -0.3 is 25.0 Å². The van der Waals surface area contributed by atoms with E-state index in [0.717, 1.165) is 22.6 Å². The molecule has 2 N–H and O–H groups in total. The monoisotopic (exact) mass is 598 g/mol. The fraction of sp³-hybridized carbons (Fsp3) is 0.519. The van der Waals surface area contributed by atoms with Gasteiger partial charge in [0.1, 0.15) is 15.6 Å². The number of thiophene rings is 1. The number of ether oxygens (including phenoxy) is 2. The molecule has 0 saturated carbocycles. The third-order valence-corrected chi connectivity index (χ3v) is 8.44. The Bertz CT molecular complexity index is 1380. The Morgan fingerprint density at radius 2 is 1.93 bits per heavy atom. The highest BCUT2D eigenvalue weighted by atomic mass is 32.1. The van der Waals surface area contributed by atoms with E-state index in [4.69, 9.17) is 9.47 Å². The van der Waals surface area contributed by atoms with Crippen molar-refractivity contribution in [3.63, 3.8) is 0 Å². The van der Waals surface area contributed by atoms with E-state index in [0.29, 0.717) is 52.9 Å². The lowest BCUT2D eigenvalue weighted by Crippen LogP contribution is -2.44. The number of benzene rings is 1. The molecule has 13 heteroatoms. The smallest absolute Gasteiger partial charge is 0.416 e. The summed E-state index contributed by atoms with van der Waals surface area (Å²) >= 11 is 2.63. The third-order valence-electron chi connectivity index (χ3n) is 6.26. The van der Waals surface area contributed by atoms with E-state index in [1.165, 1.54) is 28.7 Å². The topological polar surface area (TPSA) is 92.8 Å². The quantitative estimate of drug-likeness (QED) is 0.296. The van der Waals surface area contributed by atoms with E-state index in [1.807, 2.05) is 27.7 Å². The zero-order chi connectivity index (χ0) is 29.2. The van der Waals surface area contributed by atoms with Crippen molar-refractivity contribution in [1.29, 1.82) is 0 Å². The molecule has 40 heavy (non-hydrogen) atoms. The van der Waals surface area contributed by atoms with Crippen LogP contribution in [0.4, 0.5) is 23.0 Å². The summed E-state index contributed by atoms with van der Waals surface area (Å²) in [5.41, 5.74) is 0.464. The van der Waals surface area contributed by atoms with Crippen molar-refractivity contribution in [2.45, 2.75) is 64.9 Å². The Morgan fingerprint density at radius 1 is 1.18 bits per heavy atom. The van der Waals surface area contributed by atoms with Crippen LogP contribution < -0.4 is 10.6 Å². The van der Waals surface area contributed by atoms with Gasteiger partial charge in [-0.2, -0.15) is 13.2 Å². The molecule has 8 nitrogen and oxygen atoms in total. The molecule has 3 heterocycles. The number of fused-ring (bicyclic) bond motifs is 2. The van der Waals surface area contributed by atoms with Gasteiger partial charge in [0.15, 0.2) is 0 Å². The Morgan fingerprint density at radius 3 is 2.60 bits per heavy atom. The number of amides is 2. The molecule has 1 unspecified atom stereocenters. The number of carbonyl (C=O) groups excluding carboxylic acids is 2. The van der Waals surface area contributed by atoms with Crippen LogP contribution in [0.15, 0.2) is 18.2 Å². The number of methoxy groups -OCH3 is 1. The maximum Gasteiger partial charge on any atom is 0.416 e. The molecule has 4 rings (SSSR count). The maximum absolute atomic E-state index is 13.3. The van der Waals surface area contributed by atoms with Crippen LogP contribution in [0, 0.1) is 0 Å². The molecule has 1 aromatic carbocycles. The summed E-state index contributed by atoms with van der Waals surface area (Å²) in [6, 6.07) is 3.32. The standard InChI is InChI=1S/C27H33F3N4O4S2/c1-15-12-17-20(14-34(15)25(36)38-26(2,3)4)40-24(33-21(35)8-9-31-10-11-37-5)22(17)23-32-18-13-16(27(28,29)30)6-7-19(18)39-23/h6-7,13,15,31H,8-12,14H2,1-5H3,(H,33,35). The number of hydrogen-bond acceptors (Lipinski definition) is 8. The van der Waals surface area contributed by atoms with Crippen LogP contribution in [0.25, 0.3) is 20.8 Å². The first-order valence-electron chi connectivity index (χ1n) is 12.9. The summed E-state index contributed by atoms with van der Waals surface area (Å²) < 4.78 is 51.2. The van der Waals surface area contributed by atoms with E-state index in [9.17, 15) is 22.8 Å². The molecule has 1 atom stereocenters. The van der Waals surface area contributed by atoms with Gasteiger partial charge in [0, 0.05) is 43.1 Å². The van der Waals surface area contributed by atoms with Crippen molar-refractivity contribution in [3.8, 4) is 10.6 Å². The number of alkyl halides is 3. The number of aromatic nitrogens is 1. The summed E-state index contributed by atoms with van der Waals surface area (Å²) in [7, 11) is 1.60. The molecule has 1 aliphatic rings. The highest BCUT2D eigenvalue weighted by Gasteiger charge is 2.36. The Kier molecular flexibility index (Phi) is 9.08. The molecular weight excluding hydrogens is 565 g/mol. The number of thiazole rings is 1. The lowest BCUT2D eigenvalue weighted by Gasteiger charge is -2.35. The van der Waals surface area contributed by atoms with Crippen molar-refractivity contribution in [2.24, 2.45) is 0 Å². The number of hydrogen-bond donors (Lipinski definition) is 2. The lowest BCUT2D eigenvalue weighted by molar-refractivity contribution is -0.137. The van der Waals surface area contributed by atoms with Gasteiger partial charge in [-0.1, -0.05) is 0 Å². The predicted molar refractivity (Wildman–Crippen MR) is 151 cm³/mol. The van der Waals surface area contributed by atoms with Gasteiger partial charge in [0.25, 0.3) is 0 Å². The average molecular weight is 599 g/mol. The fourth-order valence-electron chi connectivity index (χ4n) is 4.35. The Labute approximate surface area is 238 Å². The molecule has 0 spiro atoms. The minimum Gasteiger partial charge on any atom is -0.444 e. The van der Waals surface area contributed by atoms with Crippen LogP contribution in [0.2, 0.25) is 0 Å². The number of nitrogens with zero attached hydrogens (tertiary/aromatic N) is 2. The van der Waals surface area contributed by atoms with E-state index in [1.54, 1.807) is 12.0 Å². The van der Waals surface area contributed by atoms with Crippen LogP contribution in [0.5, 0.6) is 0 Å². The highest BCUT2D eigenvalue weighted by molar-refractivity contribution is 7.23. The van der Waals surface area contributed by atoms with E-state index in [2.05, 4.69) is 15.6 Å². The number of carbonyl (C=O) groups is 2. The summed E-state index contributed by atoms with van der Waals surface area (Å²) in [4.78, 5) is 32.9. The second-order valence-corrected chi connectivity index (χ2v) is 12.7. The number of rotatable bonds is 8. The van der Waals surface area contributed by atoms with Crippen LogP contribution in [-0.4, -0.2) is 60.3 Å². The number of anilines is 1. The Balaban J connectivity index is 1.68. The second kappa shape index (κ2) is 12.0. The zero-order valence-electron chi connectivity index (χ0n) is 23.0. The maximum atomic E-state index is 13.3. The van der Waals surface area contributed by atoms with Crippen LogP contribution >= 0.6 is 22.7 Å². The van der Waals surface area contributed by atoms with Crippen molar-refractivity contribution >= 4 is 49.9 Å². The van der Waals surface area contributed by atoms with Gasteiger partial charge in [0.05, 0.1) is 28.9 Å². The van der Waals surface area contributed by atoms with E-state index < -0.39 is 23.4 Å². The Hall–Kier alpha value is -2.74. The fourth-order valence-corrected chi connectivity index (χ4v) is 6.69. The molecular formula is C27H33F3N4O4S2. The van der Waals surface area contributed by atoms with Crippen molar-refractivity contribution in [3.05, 3.63) is 34.2 Å². The molecule has 3 aromatic rings. The molecule has 0 bridgehead atoms. The van der Waals surface area contributed by atoms with E-state index >= 15 is 0 Å². The minimum atomic E-state index is -4.48. The summed E-state index contributed by atoms with van der Waals surface area (Å²) in [5.74, 6) is -0.206. The first-order valence-corrected chi connectivity index (χ1v) is 14.5. The van der Waals surface area contributed by atoms with Crippen LogP contribution in [0.1, 0.15) is 50.1 Å². The molecule has 0 saturated heterocycles. The molecule has 1 aliphatic heterocycles. The first-order chi connectivity index (χ1) is 18.8. The minimum absolute atomic E-state index is 0.199. The predicted octanol–water partition coefficient (Wildman–Crippen LogP) is 6.29. The highest BCUT2D eigenvalue weighted by Crippen LogP contribution is 2.47. The van der Waals surface area contributed by atoms with Crippen molar-refractivity contribution in [2.75, 3.05) is 32.1 Å². The van der Waals surface area contributed by atoms with Crippen molar-refractivity contribution in [1.82, 2.24) is 15.2 Å². The zero-order valence-corrected chi connectivity index (χ0v) is 24.7. The molecule has 218 valence electrons. The van der Waals surface area contributed by atoms with Crippen molar-refractivity contribution < 1.29 is 32.2 Å². The number of nitrogens with one attached hydrogen (secondary N) is 2. The largest absolute Gasteiger partial charge is 0.444 e. The summed E-state index contributed by atoms with van der Waals surface area (Å²) in [6.07, 6.45) is -4.19. The molecule has 0 radical (unpaired) electrons. The van der Waals surface area contributed by atoms with Gasteiger partial charge in [-0.25, -0.2) is 9.78 Å². The normalized spacial score (nSPS) is 15.8. The van der Waals surface area contributed by atoms with Crippen LogP contribution in [0.3, 0.4) is 0 Å². The van der Waals surface area contributed by atoms with Gasteiger partial charge in [-0.3, -0.25) is 4.79 Å². The summed E-state index contributed by atoms with van der Waals surface area (Å²) in [5, 5.41) is 7.22. The van der Waals surface area contributed by atoms with Gasteiger partial charge in [0.2, 0.25) is 5.91 Å². The molecule has 2 aromatic heterocycles. The third kappa shape index (κ3) is 7.12. The van der Waals surface area contributed by atoms with Gasteiger partial charge in [-0.15, -0.1) is 22.7 Å². The first kappa shape index (κ1) is 30.2. The van der Waals surface area contributed by atoms with Crippen LogP contribution in [-0.2, 0) is 33.4 Å². The lowest BCUT2D eigenvalue weighted by atomic mass is 9.97. The van der Waals surface area contributed by atoms with Gasteiger partial charge in [-0.05, 0) is 57.9 Å². The van der Waals surface area contributed by atoms with E-state index in [-0.39, 0.29) is 23.9 Å². The summed E-state index contributed by atoms with van der Waals surface area (Å²) in [6.45, 7) is 9.25.